The zero-order valence-corrected chi connectivity index (χ0v) is 12.3. The van der Waals surface area contributed by atoms with Gasteiger partial charge in [-0.15, -0.1) is 0 Å². The number of nitrogens with zero attached hydrogens (tertiary/aromatic N) is 4. The standard InChI is InChI=1S/C15H18N6/c1-9-10(8-18-21-9)7-13(16-2)15-19-12-6-4-5-11(12)14(17-3)20-15/h7-8H,2,4-6H2,1,3H3,(H,18,21)(H,17,19,20)/b13-7-. The molecule has 0 spiro atoms. The Morgan fingerprint density at radius 3 is 2.95 bits per heavy atom. The molecule has 2 N–H and O–H groups in total. The molecule has 2 heterocycles. The van der Waals surface area contributed by atoms with Gasteiger partial charge in [0.05, 0.1) is 6.20 Å². The molecular formula is C15H18N6. The molecule has 0 fully saturated rings. The van der Waals surface area contributed by atoms with Gasteiger partial charge in [-0.25, -0.2) is 9.97 Å². The molecule has 0 unspecified atom stereocenters. The lowest BCUT2D eigenvalue weighted by Crippen LogP contribution is -2.05. The van der Waals surface area contributed by atoms with Crippen LogP contribution in [0, 0.1) is 6.92 Å². The minimum Gasteiger partial charge on any atom is -0.373 e. The van der Waals surface area contributed by atoms with E-state index in [9.17, 15) is 0 Å². The van der Waals surface area contributed by atoms with E-state index < -0.39 is 0 Å². The molecule has 0 amide bonds. The van der Waals surface area contributed by atoms with Crippen molar-refractivity contribution in [2.24, 2.45) is 4.99 Å². The maximum Gasteiger partial charge on any atom is 0.180 e. The van der Waals surface area contributed by atoms with E-state index in [4.69, 9.17) is 0 Å². The van der Waals surface area contributed by atoms with Crippen LogP contribution in [0.2, 0.25) is 0 Å². The van der Waals surface area contributed by atoms with Crippen LogP contribution in [0.5, 0.6) is 0 Å². The number of H-pyrrole nitrogens is 1. The molecule has 3 rings (SSSR count). The van der Waals surface area contributed by atoms with Crippen molar-refractivity contribution in [3.63, 3.8) is 0 Å². The van der Waals surface area contributed by atoms with Crippen molar-refractivity contribution in [1.29, 1.82) is 0 Å². The van der Waals surface area contributed by atoms with E-state index >= 15 is 0 Å². The molecule has 0 radical (unpaired) electrons. The Labute approximate surface area is 123 Å². The fraction of sp³-hybridized carbons (Fsp3) is 0.333. The molecule has 0 atom stereocenters. The molecular weight excluding hydrogens is 264 g/mol. The second-order valence-corrected chi connectivity index (χ2v) is 5.06. The largest absolute Gasteiger partial charge is 0.373 e. The first-order valence-electron chi connectivity index (χ1n) is 6.99. The average Bonchev–Trinajstić information content (AvgIpc) is 3.12. The van der Waals surface area contributed by atoms with E-state index in [0.29, 0.717) is 11.5 Å². The number of aromatic amines is 1. The number of fused-ring (bicyclic) bond motifs is 1. The van der Waals surface area contributed by atoms with Crippen LogP contribution in [0.25, 0.3) is 11.8 Å². The molecule has 21 heavy (non-hydrogen) atoms. The fourth-order valence-electron chi connectivity index (χ4n) is 2.59. The van der Waals surface area contributed by atoms with Crippen LogP contribution in [-0.2, 0) is 12.8 Å². The summed E-state index contributed by atoms with van der Waals surface area (Å²) in [6, 6.07) is 0. The molecule has 2 aromatic heterocycles. The summed E-state index contributed by atoms with van der Waals surface area (Å²) in [6.07, 6.45) is 6.82. The van der Waals surface area contributed by atoms with Crippen LogP contribution in [-0.4, -0.2) is 33.9 Å². The van der Waals surface area contributed by atoms with E-state index in [1.165, 1.54) is 5.56 Å². The monoisotopic (exact) mass is 282 g/mol. The van der Waals surface area contributed by atoms with Crippen molar-refractivity contribution in [2.45, 2.75) is 26.2 Å². The zero-order chi connectivity index (χ0) is 14.8. The Morgan fingerprint density at radius 2 is 2.29 bits per heavy atom. The van der Waals surface area contributed by atoms with Crippen LogP contribution >= 0.6 is 0 Å². The number of hydrogen-bond acceptors (Lipinski definition) is 5. The molecule has 0 bridgehead atoms. The van der Waals surface area contributed by atoms with E-state index in [2.05, 4.69) is 37.2 Å². The molecule has 6 heteroatoms. The van der Waals surface area contributed by atoms with Crippen molar-refractivity contribution >= 4 is 24.3 Å². The van der Waals surface area contributed by atoms with Gasteiger partial charge in [-0.1, -0.05) is 0 Å². The Bertz CT molecular complexity index is 713. The Balaban J connectivity index is 2.08. The lowest BCUT2D eigenvalue weighted by Gasteiger charge is -2.09. The summed E-state index contributed by atoms with van der Waals surface area (Å²) in [5.41, 5.74) is 4.94. The van der Waals surface area contributed by atoms with Crippen LogP contribution in [0.15, 0.2) is 11.2 Å². The Kier molecular flexibility index (Phi) is 3.51. The van der Waals surface area contributed by atoms with Gasteiger partial charge in [0, 0.05) is 29.6 Å². The molecule has 1 aliphatic carbocycles. The van der Waals surface area contributed by atoms with E-state index in [1.807, 2.05) is 20.0 Å². The van der Waals surface area contributed by atoms with Crippen molar-refractivity contribution in [3.05, 3.63) is 34.5 Å². The van der Waals surface area contributed by atoms with Gasteiger partial charge in [-0.05, 0) is 39.0 Å². The molecule has 1 aliphatic rings. The number of anilines is 1. The van der Waals surface area contributed by atoms with Gasteiger partial charge in [0.1, 0.15) is 11.5 Å². The molecule has 6 nitrogen and oxygen atoms in total. The van der Waals surface area contributed by atoms with Gasteiger partial charge in [0.15, 0.2) is 5.82 Å². The van der Waals surface area contributed by atoms with Crippen LogP contribution in [0.4, 0.5) is 5.82 Å². The van der Waals surface area contributed by atoms with Gasteiger partial charge >= 0.3 is 0 Å². The summed E-state index contributed by atoms with van der Waals surface area (Å²) in [6.45, 7) is 5.61. The second kappa shape index (κ2) is 5.47. The first-order valence-corrected chi connectivity index (χ1v) is 6.99. The third-order valence-corrected chi connectivity index (χ3v) is 3.73. The molecule has 108 valence electrons. The molecule has 0 saturated heterocycles. The summed E-state index contributed by atoms with van der Waals surface area (Å²) < 4.78 is 0. The van der Waals surface area contributed by atoms with Crippen LogP contribution in [0.1, 0.15) is 34.8 Å². The Hall–Kier alpha value is -2.50. The Morgan fingerprint density at radius 1 is 1.43 bits per heavy atom. The smallest absolute Gasteiger partial charge is 0.180 e. The summed E-state index contributed by atoms with van der Waals surface area (Å²) in [7, 11) is 1.88. The number of aryl methyl sites for hydroxylation is 2. The predicted octanol–water partition coefficient (Wildman–Crippen LogP) is 2.24. The highest BCUT2D eigenvalue weighted by molar-refractivity contribution is 5.80. The minimum atomic E-state index is 0.607. The summed E-state index contributed by atoms with van der Waals surface area (Å²) in [5, 5.41) is 10.1. The lowest BCUT2D eigenvalue weighted by molar-refractivity contribution is 0.898. The topological polar surface area (TPSA) is 78.8 Å². The molecule has 0 aliphatic heterocycles. The lowest BCUT2D eigenvalue weighted by atomic mass is 10.2. The summed E-state index contributed by atoms with van der Waals surface area (Å²) in [4.78, 5) is 13.3. The average molecular weight is 282 g/mol. The second-order valence-electron chi connectivity index (χ2n) is 5.06. The third kappa shape index (κ3) is 2.44. The third-order valence-electron chi connectivity index (χ3n) is 3.73. The SMILES string of the molecule is C=N/C(=C\c1cn[nH]c1C)c1nc2c(c(NC)n1)CCC2. The van der Waals surface area contributed by atoms with Crippen molar-refractivity contribution in [1.82, 2.24) is 20.2 Å². The maximum absolute atomic E-state index is 4.66. The predicted molar refractivity (Wildman–Crippen MR) is 84.3 cm³/mol. The number of aliphatic imine (C=N–C) groups is 1. The highest BCUT2D eigenvalue weighted by Crippen LogP contribution is 2.28. The maximum atomic E-state index is 4.66. The number of hydrogen-bond donors (Lipinski definition) is 2. The van der Waals surface area contributed by atoms with Gasteiger partial charge in [0.25, 0.3) is 0 Å². The van der Waals surface area contributed by atoms with E-state index in [1.54, 1.807) is 6.20 Å². The molecule has 0 saturated carbocycles. The van der Waals surface area contributed by atoms with Gasteiger partial charge in [-0.3, -0.25) is 10.1 Å². The highest BCUT2D eigenvalue weighted by atomic mass is 15.1. The van der Waals surface area contributed by atoms with Crippen LogP contribution in [0.3, 0.4) is 0 Å². The van der Waals surface area contributed by atoms with Crippen LogP contribution < -0.4 is 5.32 Å². The van der Waals surface area contributed by atoms with Crippen molar-refractivity contribution < 1.29 is 0 Å². The normalized spacial score (nSPS) is 14.1. The zero-order valence-electron chi connectivity index (χ0n) is 12.3. The fourth-order valence-corrected chi connectivity index (χ4v) is 2.59. The molecule has 0 aromatic carbocycles. The van der Waals surface area contributed by atoms with Crippen molar-refractivity contribution in [2.75, 3.05) is 12.4 Å². The first kappa shape index (κ1) is 13.5. The van der Waals surface area contributed by atoms with Crippen molar-refractivity contribution in [3.8, 4) is 0 Å². The minimum absolute atomic E-state index is 0.607. The quantitative estimate of drug-likeness (QED) is 0.843. The number of rotatable bonds is 4. The van der Waals surface area contributed by atoms with Gasteiger partial charge in [0.2, 0.25) is 0 Å². The summed E-state index contributed by atoms with van der Waals surface area (Å²) in [5.74, 6) is 1.50. The first-order chi connectivity index (χ1) is 10.2. The van der Waals surface area contributed by atoms with Gasteiger partial charge in [-0.2, -0.15) is 5.10 Å². The highest BCUT2D eigenvalue weighted by Gasteiger charge is 2.19. The summed E-state index contributed by atoms with van der Waals surface area (Å²) >= 11 is 0. The molecule has 2 aromatic rings. The van der Waals surface area contributed by atoms with E-state index in [-0.39, 0.29) is 0 Å². The number of nitrogens with one attached hydrogen (secondary N) is 2. The van der Waals surface area contributed by atoms with Gasteiger partial charge < -0.3 is 5.32 Å². The van der Waals surface area contributed by atoms with E-state index in [0.717, 1.165) is 42.0 Å². The number of aromatic nitrogens is 4.